The maximum Gasteiger partial charge on any atom is 0.231 e. The maximum atomic E-state index is 6.07. The van der Waals surface area contributed by atoms with Crippen molar-refractivity contribution >= 4 is 53.1 Å². The molecule has 1 aliphatic rings. The molecule has 1 aromatic heterocycles. The van der Waals surface area contributed by atoms with E-state index in [0.717, 1.165) is 17.2 Å². The summed E-state index contributed by atoms with van der Waals surface area (Å²) in [6.07, 6.45) is 0. The fourth-order valence-corrected chi connectivity index (χ4v) is 2.87. The van der Waals surface area contributed by atoms with Crippen LogP contribution in [-0.4, -0.2) is 37.5 Å². The standard InChI is InChI=1S/C17H20Cl2N4O3.HI/c1-20-17(22-9-11-7-13(18)16(19)23(11)2)21-5-6-24-12-3-4-14-15(8-12)26-10-25-14;/h3-4,7-8H,5-6,9-10H2,1-2H3,(H2,20,21,22);1H. The lowest BCUT2D eigenvalue weighted by molar-refractivity contribution is 0.173. The number of aromatic nitrogens is 1. The lowest BCUT2D eigenvalue weighted by Crippen LogP contribution is -2.39. The third kappa shape index (κ3) is 5.49. The van der Waals surface area contributed by atoms with Crippen LogP contribution < -0.4 is 24.8 Å². The van der Waals surface area contributed by atoms with Gasteiger partial charge in [-0.15, -0.1) is 24.0 Å². The predicted octanol–water partition coefficient (Wildman–Crippen LogP) is 3.42. The molecule has 0 atom stereocenters. The molecule has 0 bridgehead atoms. The number of guanidine groups is 1. The number of nitrogens with one attached hydrogen (secondary N) is 2. The van der Waals surface area contributed by atoms with Crippen molar-refractivity contribution in [3.63, 3.8) is 0 Å². The topological polar surface area (TPSA) is 69.0 Å². The normalized spacial score (nSPS) is 12.5. The van der Waals surface area contributed by atoms with E-state index in [1.807, 2.05) is 35.9 Å². The van der Waals surface area contributed by atoms with E-state index in [4.69, 9.17) is 37.4 Å². The molecular formula is C17H21Cl2IN4O3. The van der Waals surface area contributed by atoms with Gasteiger partial charge in [0.2, 0.25) is 6.79 Å². The predicted molar refractivity (Wildman–Crippen MR) is 117 cm³/mol. The van der Waals surface area contributed by atoms with E-state index in [2.05, 4.69) is 15.6 Å². The Balaban J connectivity index is 0.00000261. The summed E-state index contributed by atoms with van der Waals surface area (Å²) in [7, 11) is 3.57. The summed E-state index contributed by atoms with van der Waals surface area (Å²) in [6, 6.07) is 7.33. The van der Waals surface area contributed by atoms with Crippen molar-refractivity contribution in [3.05, 3.63) is 40.1 Å². The Morgan fingerprint density at radius 3 is 2.70 bits per heavy atom. The van der Waals surface area contributed by atoms with E-state index in [-0.39, 0.29) is 30.8 Å². The van der Waals surface area contributed by atoms with Crippen LogP contribution >= 0.6 is 47.2 Å². The molecule has 2 aromatic rings. The van der Waals surface area contributed by atoms with E-state index < -0.39 is 0 Å². The average molecular weight is 527 g/mol. The lowest BCUT2D eigenvalue weighted by atomic mass is 10.3. The highest BCUT2D eigenvalue weighted by Gasteiger charge is 2.13. The van der Waals surface area contributed by atoms with Crippen LogP contribution in [0.15, 0.2) is 29.3 Å². The van der Waals surface area contributed by atoms with Crippen LogP contribution in [0.2, 0.25) is 10.2 Å². The van der Waals surface area contributed by atoms with Gasteiger partial charge in [0.1, 0.15) is 17.5 Å². The number of ether oxygens (including phenoxy) is 3. The van der Waals surface area contributed by atoms with Crippen molar-refractivity contribution < 1.29 is 14.2 Å². The van der Waals surface area contributed by atoms with E-state index in [0.29, 0.717) is 41.6 Å². The minimum absolute atomic E-state index is 0. The molecule has 7 nitrogen and oxygen atoms in total. The van der Waals surface area contributed by atoms with Crippen LogP contribution in [0, 0.1) is 0 Å². The van der Waals surface area contributed by atoms with Gasteiger partial charge in [0.15, 0.2) is 17.5 Å². The zero-order chi connectivity index (χ0) is 18.5. The van der Waals surface area contributed by atoms with Crippen molar-refractivity contribution in [2.75, 3.05) is 27.0 Å². The SMILES string of the molecule is CN=C(NCCOc1ccc2c(c1)OCO2)NCc1cc(Cl)c(Cl)n1C.I. The minimum Gasteiger partial charge on any atom is -0.492 e. The second-order valence-corrected chi connectivity index (χ2v) is 6.31. The molecule has 0 amide bonds. The number of rotatable bonds is 6. The molecule has 0 radical (unpaired) electrons. The monoisotopic (exact) mass is 526 g/mol. The molecule has 0 unspecified atom stereocenters. The van der Waals surface area contributed by atoms with Crippen LogP contribution in [0.5, 0.6) is 17.2 Å². The zero-order valence-electron chi connectivity index (χ0n) is 14.9. The summed E-state index contributed by atoms with van der Waals surface area (Å²) in [5, 5.41) is 7.44. The van der Waals surface area contributed by atoms with Gasteiger partial charge in [0.05, 0.1) is 18.1 Å². The van der Waals surface area contributed by atoms with Crippen LogP contribution in [0.1, 0.15) is 5.69 Å². The van der Waals surface area contributed by atoms with Gasteiger partial charge in [-0.05, 0) is 18.2 Å². The molecule has 0 fully saturated rings. The van der Waals surface area contributed by atoms with Crippen molar-refractivity contribution in [2.45, 2.75) is 6.54 Å². The molecule has 2 heterocycles. The first-order valence-electron chi connectivity index (χ1n) is 8.05. The molecule has 0 aliphatic carbocycles. The Kier molecular flexibility index (Phi) is 8.18. The third-order valence-electron chi connectivity index (χ3n) is 3.88. The molecule has 10 heteroatoms. The van der Waals surface area contributed by atoms with Crippen LogP contribution in [-0.2, 0) is 13.6 Å². The smallest absolute Gasteiger partial charge is 0.231 e. The first kappa shape index (κ1) is 21.8. The fraction of sp³-hybridized carbons (Fsp3) is 0.353. The second kappa shape index (κ2) is 10.1. The van der Waals surface area contributed by atoms with E-state index in [1.54, 1.807) is 7.05 Å². The van der Waals surface area contributed by atoms with Crippen molar-refractivity contribution in [3.8, 4) is 17.2 Å². The molecule has 3 rings (SSSR count). The third-order valence-corrected chi connectivity index (χ3v) is 4.73. The van der Waals surface area contributed by atoms with Gasteiger partial charge in [-0.2, -0.15) is 0 Å². The minimum atomic E-state index is 0. The first-order chi connectivity index (χ1) is 12.6. The maximum absolute atomic E-state index is 6.07. The molecule has 27 heavy (non-hydrogen) atoms. The fourth-order valence-electron chi connectivity index (χ4n) is 2.46. The summed E-state index contributed by atoms with van der Waals surface area (Å²) in [6.45, 7) is 1.86. The van der Waals surface area contributed by atoms with Crippen molar-refractivity contribution in [1.29, 1.82) is 0 Å². The lowest BCUT2D eigenvalue weighted by Gasteiger charge is -2.13. The largest absolute Gasteiger partial charge is 0.492 e. The van der Waals surface area contributed by atoms with Gasteiger partial charge in [0.25, 0.3) is 0 Å². The Labute approximate surface area is 185 Å². The van der Waals surface area contributed by atoms with Gasteiger partial charge >= 0.3 is 0 Å². The Bertz CT molecular complexity index is 814. The molecule has 1 aromatic carbocycles. The van der Waals surface area contributed by atoms with E-state index >= 15 is 0 Å². The second-order valence-electron chi connectivity index (χ2n) is 5.55. The molecule has 0 saturated carbocycles. The molecule has 0 spiro atoms. The van der Waals surface area contributed by atoms with E-state index in [9.17, 15) is 0 Å². The van der Waals surface area contributed by atoms with Gasteiger partial charge in [0, 0.05) is 25.9 Å². The number of hydrogen-bond donors (Lipinski definition) is 2. The van der Waals surface area contributed by atoms with Gasteiger partial charge < -0.3 is 29.4 Å². The summed E-state index contributed by atoms with van der Waals surface area (Å²) >= 11 is 12.1. The number of nitrogens with zero attached hydrogens (tertiary/aromatic N) is 2. The Hall–Kier alpha value is -1.52. The summed E-state index contributed by atoms with van der Waals surface area (Å²) in [5.74, 6) is 2.83. The average Bonchev–Trinajstić information content (AvgIpc) is 3.21. The first-order valence-corrected chi connectivity index (χ1v) is 8.80. The molecule has 1 aliphatic heterocycles. The van der Waals surface area contributed by atoms with Gasteiger partial charge in [-0.25, -0.2) is 0 Å². The van der Waals surface area contributed by atoms with Crippen LogP contribution in [0.3, 0.4) is 0 Å². The van der Waals surface area contributed by atoms with Crippen LogP contribution in [0.25, 0.3) is 0 Å². The Morgan fingerprint density at radius 1 is 1.22 bits per heavy atom. The number of fused-ring (bicyclic) bond motifs is 1. The highest BCUT2D eigenvalue weighted by Crippen LogP contribution is 2.35. The van der Waals surface area contributed by atoms with E-state index in [1.165, 1.54) is 0 Å². The summed E-state index contributed by atoms with van der Waals surface area (Å²) < 4.78 is 18.1. The number of benzene rings is 1. The molecule has 0 saturated heterocycles. The van der Waals surface area contributed by atoms with Crippen molar-refractivity contribution in [2.24, 2.45) is 12.0 Å². The van der Waals surface area contributed by atoms with Gasteiger partial charge in [-0.3, -0.25) is 4.99 Å². The van der Waals surface area contributed by atoms with Crippen LogP contribution in [0.4, 0.5) is 0 Å². The molecular weight excluding hydrogens is 506 g/mol. The van der Waals surface area contributed by atoms with Gasteiger partial charge in [-0.1, -0.05) is 23.2 Å². The van der Waals surface area contributed by atoms with Crippen molar-refractivity contribution in [1.82, 2.24) is 15.2 Å². The number of hydrogen-bond acceptors (Lipinski definition) is 4. The highest BCUT2D eigenvalue weighted by molar-refractivity contribution is 14.0. The zero-order valence-corrected chi connectivity index (χ0v) is 18.8. The summed E-state index contributed by atoms with van der Waals surface area (Å²) in [4.78, 5) is 4.18. The Morgan fingerprint density at radius 2 is 2.00 bits per heavy atom. The number of halogens is 3. The molecule has 148 valence electrons. The quantitative estimate of drug-likeness (QED) is 0.261. The summed E-state index contributed by atoms with van der Waals surface area (Å²) in [5.41, 5.74) is 0.958. The highest BCUT2D eigenvalue weighted by atomic mass is 127. The number of aliphatic imine (C=N–C) groups is 1. The molecule has 2 N–H and O–H groups in total.